The highest BCUT2D eigenvalue weighted by Gasteiger charge is 2.32. The second-order valence-electron chi connectivity index (χ2n) is 5.21. The van der Waals surface area contributed by atoms with Crippen molar-refractivity contribution in [2.75, 3.05) is 13.1 Å². The van der Waals surface area contributed by atoms with Crippen molar-refractivity contribution in [2.24, 2.45) is 0 Å². The van der Waals surface area contributed by atoms with E-state index in [0.717, 1.165) is 12.0 Å². The molecule has 0 radical (unpaired) electrons. The molecule has 5 heteroatoms. The zero-order valence-electron chi connectivity index (χ0n) is 11.6. The van der Waals surface area contributed by atoms with Crippen molar-refractivity contribution in [3.8, 4) is 0 Å². The Morgan fingerprint density at radius 2 is 1.85 bits per heavy atom. The van der Waals surface area contributed by atoms with Crippen LogP contribution in [-0.4, -0.2) is 35.6 Å². The van der Waals surface area contributed by atoms with Crippen molar-refractivity contribution in [1.29, 1.82) is 0 Å². The molecule has 5 nitrogen and oxygen atoms in total. The van der Waals surface area contributed by atoms with Crippen LogP contribution in [0.1, 0.15) is 24.5 Å². The summed E-state index contributed by atoms with van der Waals surface area (Å²) in [7, 11) is 0. The number of hydrogen-bond acceptors (Lipinski definition) is 3. The predicted molar refractivity (Wildman–Crippen MR) is 75.1 cm³/mol. The summed E-state index contributed by atoms with van der Waals surface area (Å²) in [6.07, 6.45) is 1.86. The summed E-state index contributed by atoms with van der Waals surface area (Å²) < 4.78 is 0. The van der Waals surface area contributed by atoms with Crippen LogP contribution in [0.5, 0.6) is 0 Å². The molecule has 0 aromatic heterocycles. The molecule has 3 N–H and O–H groups in total. The highest BCUT2D eigenvalue weighted by molar-refractivity contribution is 6.35. The average molecular weight is 276 g/mol. The van der Waals surface area contributed by atoms with Gasteiger partial charge in [-0.05, 0) is 30.9 Å². The number of fused-ring (bicyclic) bond motifs is 1. The molecule has 1 atom stereocenters. The van der Waals surface area contributed by atoms with Gasteiger partial charge in [0.2, 0.25) is 0 Å². The molecule has 0 heterocycles. The monoisotopic (exact) mass is 276 g/mol. The molecule has 2 rings (SSSR count). The van der Waals surface area contributed by atoms with Gasteiger partial charge in [0.05, 0.1) is 5.60 Å². The molecule has 0 fully saturated rings. The molecular formula is C15H20N2O3. The van der Waals surface area contributed by atoms with Crippen molar-refractivity contribution < 1.29 is 14.7 Å². The molecule has 0 aliphatic heterocycles. The maximum absolute atomic E-state index is 11.5. The van der Waals surface area contributed by atoms with Gasteiger partial charge in [0.25, 0.3) is 0 Å². The molecule has 0 saturated carbocycles. The minimum absolute atomic E-state index is 0.0945. The molecule has 0 spiro atoms. The summed E-state index contributed by atoms with van der Waals surface area (Å²) >= 11 is 0. The highest BCUT2D eigenvalue weighted by atomic mass is 16.3. The zero-order valence-corrected chi connectivity index (χ0v) is 11.6. The quantitative estimate of drug-likeness (QED) is 0.688. The molecule has 2 amide bonds. The van der Waals surface area contributed by atoms with E-state index in [-0.39, 0.29) is 6.54 Å². The van der Waals surface area contributed by atoms with Crippen molar-refractivity contribution in [1.82, 2.24) is 10.6 Å². The fraction of sp³-hybridized carbons (Fsp3) is 0.467. The Kier molecular flexibility index (Phi) is 4.39. The van der Waals surface area contributed by atoms with Crippen LogP contribution in [0, 0.1) is 0 Å². The average Bonchev–Trinajstić information content (AvgIpc) is 2.45. The lowest BCUT2D eigenvalue weighted by Crippen LogP contribution is -2.50. The Bertz CT molecular complexity index is 516. The van der Waals surface area contributed by atoms with Crippen LogP contribution < -0.4 is 10.6 Å². The van der Waals surface area contributed by atoms with E-state index in [4.69, 9.17) is 0 Å². The fourth-order valence-electron chi connectivity index (χ4n) is 2.50. The lowest BCUT2D eigenvalue weighted by molar-refractivity contribution is -0.139. The lowest BCUT2D eigenvalue weighted by Gasteiger charge is -2.33. The van der Waals surface area contributed by atoms with E-state index in [9.17, 15) is 14.7 Å². The SMILES string of the molecule is CCNC(=O)C(=O)NCC1(O)CCc2ccccc2C1. The number of carbonyl (C=O) groups excluding carboxylic acids is 2. The Labute approximate surface area is 118 Å². The van der Waals surface area contributed by atoms with Gasteiger partial charge < -0.3 is 15.7 Å². The number of aliphatic hydroxyl groups is 1. The Morgan fingerprint density at radius 3 is 2.55 bits per heavy atom. The van der Waals surface area contributed by atoms with Crippen molar-refractivity contribution in [3.63, 3.8) is 0 Å². The van der Waals surface area contributed by atoms with Crippen LogP contribution in [0.4, 0.5) is 0 Å². The van der Waals surface area contributed by atoms with E-state index < -0.39 is 17.4 Å². The number of hydrogen-bond donors (Lipinski definition) is 3. The summed E-state index contributed by atoms with van der Waals surface area (Å²) in [4.78, 5) is 22.8. The van der Waals surface area contributed by atoms with Crippen LogP contribution in [0.15, 0.2) is 24.3 Å². The van der Waals surface area contributed by atoms with E-state index in [1.807, 2.05) is 18.2 Å². The summed E-state index contributed by atoms with van der Waals surface area (Å²) in [5.41, 5.74) is 1.37. The van der Waals surface area contributed by atoms with E-state index in [0.29, 0.717) is 19.4 Å². The highest BCUT2D eigenvalue weighted by Crippen LogP contribution is 2.28. The van der Waals surface area contributed by atoms with Crippen molar-refractivity contribution >= 4 is 11.8 Å². The normalized spacial score (nSPS) is 20.9. The largest absolute Gasteiger partial charge is 0.388 e. The lowest BCUT2D eigenvalue weighted by atomic mass is 9.80. The number of benzene rings is 1. The molecule has 1 aliphatic rings. The van der Waals surface area contributed by atoms with Gasteiger partial charge in [0, 0.05) is 19.5 Å². The number of carbonyl (C=O) groups is 2. The Morgan fingerprint density at radius 1 is 1.20 bits per heavy atom. The molecule has 20 heavy (non-hydrogen) atoms. The fourth-order valence-corrected chi connectivity index (χ4v) is 2.50. The van der Waals surface area contributed by atoms with E-state index >= 15 is 0 Å². The summed E-state index contributed by atoms with van der Waals surface area (Å²) in [5.74, 6) is -1.36. The van der Waals surface area contributed by atoms with Gasteiger partial charge in [-0.25, -0.2) is 0 Å². The third-order valence-corrected chi connectivity index (χ3v) is 3.62. The summed E-state index contributed by atoms with van der Waals surface area (Å²) in [6, 6.07) is 7.98. The van der Waals surface area contributed by atoms with Crippen LogP contribution in [0.25, 0.3) is 0 Å². The Hall–Kier alpha value is -1.88. The minimum atomic E-state index is -0.976. The molecular weight excluding hydrogens is 256 g/mol. The Balaban J connectivity index is 1.94. The van der Waals surface area contributed by atoms with Crippen LogP contribution >= 0.6 is 0 Å². The first-order valence-electron chi connectivity index (χ1n) is 6.89. The maximum Gasteiger partial charge on any atom is 0.309 e. The summed E-state index contributed by atoms with van der Waals surface area (Å²) in [5, 5.41) is 15.5. The van der Waals surface area contributed by atoms with Crippen LogP contribution in [-0.2, 0) is 22.4 Å². The van der Waals surface area contributed by atoms with Gasteiger partial charge in [0.15, 0.2) is 0 Å². The zero-order chi connectivity index (χ0) is 14.6. The minimum Gasteiger partial charge on any atom is -0.388 e. The van der Waals surface area contributed by atoms with Gasteiger partial charge in [-0.2, -0.15) is 0 Å². The molecule has 0 saturated heterocycles. The molecule has 0 bridgehead atoms. The summed E-state index contributed by atoms with van der Waals surface area (Å²) in [6.45, 7) is 2.25. The van der Waals surface area contributed by atoms with Crippen LogP contribution in [0.2, 0.25) is 0 Å². The third-order valence-electron chi connectivity index (χ3n) is 3.62. The molecule has 1 aromatic carbocycles. The number of rotatable bonds is 3. The third kappa shape index (κ3) is 3.36. The number of aryl methyl sites for hydroxylation is 1. The van der Waals surface area contributed by atoms with Gasteiger partial charge in [-0.1, -0.05) is 24.3 Å². The first kappa shape index (κ1) is 14.5. The van der Waals surface area contributed by atoms with E-state index in [2.05, 4.69) is 16.7 Å². The van der Waals surface area contributed by atoms with Gasteiger partial charge >= 0.3 is 11.8 Å². The van der Waals surface area contributed by atoms with E-state index in [1.54, 1.807) is 6.92 Å². The molecule has 1 aliphatic carbocycles. The second-order valence-corrected chi connectivity index (χ2v) is 5.21. The maximum atomic E-state index is 11.5. The number of likely N-dealkylation sites (N-methyl/N-ethyl adjacent to an activating group) is 1. The molecule has 1 aromatic rings. The van der Waals surface area contributed by atoms with Crippen molar-refractivity contribution in [2.45, 2.75) is 31.8 Å². The first-order chi connectivity index (χ1) is 9.54. The van der Waals surface area contributed by atoms with Gasteiger partial charge in [0.1, 0.15) is 0 Å². The first-order valence-corrected chi connectivity index (χ1v) is 6.89. The smallest absolute Gasteiger partial charge is 0.309 e. The second kappa shape index (κ2) is 6.05. The molecule has 1 unspecified atom stereocenters. The van der Waals surface area contributed by atoms with Gasteiger partial charge in [-0.15, -0.1) is 0 Å². The molecule has 108 valence electrons. The predicted octanol–water partition coefficient (Wildman–Crippen LogP) is 0.159. The van der Waals surface area contributed by atoms with E-state index in [1.165, 1.54) is 5.56 Å². The topological polar surface area (TPSA) is 78.4 Å². The number of nitrogens with one attached hydrogen (secondary N) is 2. The van der Waals surface area contributed by atoms with Gasteiger partial charge in [-0.3, -0.25) is 9.59 Å². The van der Waals surface area contributed by atoms with Crippen LogP contribution in [0.3, 0.4) is 0 Å². The van der Waals surface area contributed by atoms with Crippen molar-refractivity contribution in [3.05, 3.63) is 35.4 Å². The number of amides is 2. The standard InChI is InChI=1S/C15H20N2O3/c1-2-16-13(18)14(19)17-10-15(20)8-7-11-5-3-4-6-12(11)9-15/h3-6,20H,2,7-10H2,1H3,(H,16,18)(H,17,19).